The van der Waals surface area contributed by atoms with Crippen LogP contribution in [-0.2, 0) is 9.59 Å². The van der Waals surface area contributed by atoms with Crippen LogP contribution in [0.15, 0.2) is 0 Å². The van der Waals surface area contributed by atoms with Crippen LogP contribution >= 0.6 is 0 Å². The van der Waals surface area contributed by atoms with Crippen LogP contribution in [0.4, 0.5) is 0 Å². The van der Waals surface area contributed by atoms with Crippen molar-refractivity contribution in [3.05, 3.63) is 0 Å². The smallest absolute Gasteiger partial charge is 0.306 e. The number of terminal acetylenes is 1. The van der Waals surface area contributed by atoms with Gasteiger partial charge in [0, 0.05) is 25.9 Å². The summed E-state index contributed by atoms with van der Waals surface area (Å²) in [6.45, 7) is 1.15. The molecule has 4 nitrogen and oxygen atoms in total. The molecule has 0 aromatic carbocycles. The number of likely N-dealkylation sites (tertiary alicyclic amines) is 1. The van der Waals surface area contributed by atoms with E-state index in [-0.39, 0.29) is 11.8 Å². The lowest BCUT2D eigenvalue weighted by Gasteiger charge is -2.30. The summed E-state index contributed by atoms with van der Waals surface area (Å²) >= 11 is 0. The fraction of sp³-hybridized carbons (Fsp3) is 0.692. The van der Waals surface area contributed by atoms with E-state index in [9.17, 15) is 9.59 Å². The maximum atomic E-state index is 11.8. The van der Waals surface area contributed by atoms with Gasteiger partial charge in [0.1, 0.15) is 0 Å². The molecule has 0 unspecified atom stereocenters. The van der Waals surface area contributed by atoms with Gasteiger partial charge in [-0.15, -0.1) is 12.3 Å². The summed E-state index contributed by atoms with van der Waals surface area (Å²) in [4.78, 5) is 24.3. The molecule has 4 heteroatoms. The summed E-state index contributed by atoms with van der Waals surface area (Å²) in [5.74, 6) is 1.66. The van der Waals surface area contributed by atoms with Gasteiger partial charge in [0.2, 0.25) is 5.91 Å². The number of amides is 1. The van der Waals surface area contributed by atoms with Gasteiger partial charge < -0.3 is 10.0 Å². The van der Waals surface area contributed by atoms with Gasteiger partial charge in [0.05, 0.1) is 5.92 Å². The van der Waals surface area contributed by atoms with Crippen molar-refractivity contribution < 1.29 is 14.7 Å². The highest BCUT2D eigenvalue weighted by Crippen LogP contribution is 2.18. The summed E-state index contributed by atoms with van der Waals surface area (Å²) in [5, 5.41) is 8.84. The average Bonchev–Trinajstić information content (AvgIpc) is 2.34. The first kappa shape index (κ1) is 13.6. The predicted octanol–water partition coefficient (Wildman–Crippen LogP) is 1.50. The van der Waals surface area contributed by atoms with Crippen LogP contribution in [0.1, 0.15) is 38.5 Å². The Morgan fingerprint density at radius 2 is 1.94 bits per heavy atom. The van der Waals surface area contributed by atoms with Crippen molar-refractivity contribution in [3.8, 4) is 12.3 Å². The topological polar surface area (TPSA) is 57.6 Å². The molecule has 0 bridgehead atoms. The average molecular weight is 237 g/mol. The van der Waals surface area contributed by atoms with Crippen molar-refractivity contribution in [2.24, 2.45) is 5.92 Å². The fourth-order valence-corrected chi connectivity index (χ4v) is 2.04. The Morgan fingerprint density at radius 3 is 2.47 bits per heavy atom. The van der Waals surface area contributed by atoms with Crippen molar-refractivity contribution in [3.63, 3.8) is 0 Å². The summed E-state index contributed by atoms with van der Waals surface area (Å²) < 4.78 is 0. The highest BCUT2D eigenvalue weighted by molar-refractivity contribution is 5.77. The zero-order valence-electron chi connectivity index (χ0n) is 10.0. The van der Waals surface area contributed by atoms with Gasteiger partial charge in [-0.25, -0.2) is 0 Å². The third-order valence-corrected chi connectivity index (χ3v) is 3.16. The van der Waals surface area contributed by atoms with Gasteiger partial charge in [-0.1, -0.05) is 0 Å². The number of aliphatic carboxylic acids is 1. The molecule has 0 spiro atoms. The molecule has 1 fully saturated rings. The molecule has 1 amide bonds. The first-order chi connectivity index (χ1) is 8.15. The summed E-state index contributed by atoms with van der Waals surface area (Å²) in [7, 11) is 0. The molecule has 0 aromatic heterocycles. The Bertz CT molecular complexity index is 311. The molecular formula is C13H19NO3. The minimum atomic E-state index is -0.744. The molecule has 1 heterocycles. The Labute approximate surface area is 102 Å². The number of unbranched alkanes of at least 4 members (excludes halogenated alkanes) is 2. The van der Waals surface area contributed by atoms with Crippen molar-refractivity contribution in [2.45, 2.75) is 38.5 Å². The molecule has 0 radical (unpaired) electrons. The molecule has 1 N–H and O–H groups in total. The quantitative estimate of drug-likeness (QED) is 0.582. The lowest BCUT2D eigenvalue weighted by molar-refractivity contribution is -0.145. The van der Waals surface area contributed by atoms with Crippen LogP contribution < -0.4 is 0 Å². The number of nitrogens with zero attached hydrogens (tertiary/aromatic N) is 1. The molecule has 0 aliphatic carbocycles. The first-order valence-corrected chi connectivity index (χ1v) is 6.09. The molecule has 0 aromatic rings. The second-order valence-electron chi connectivity index (χ2n) is 4.40. The monoisotopic (exact) mass is 237 g/mol. The maximum absolute atomic E-state index is 11.8. The number of rotatable bonds is 5. The van der Waals surface area contributed by atoms with Crippen LogP contribution in [0.25, 0.3) is 0 Å². The van der Waals surface area contributed by atoms with Gasteiger partial charge in [-0.3, -0.25) is 9.59 Å². The van der Waals surface area contributed by atoms with E-state index in [1.165, 1.54) is 0 Å². The van der Waals surface area contributed by atoms with Gasteiger partial charge >= 0.3 is 5.97 Å². The van der Waals surface area contributed by atoms with E-state index in [1.54, 1.807) is 4.90 Å². The fourth-order valence-electron chi connectivity index (χ4n) is 2.04. The van der Waals surface area contributed by atoms with Gasteiger partial charge in [0.15, 0.2) is 0 Å². The largest absolute Gasteiger partial charge is 0.481 e. The van der Waals surface area contributed by atoms with E-state index < -0.39 is 5.97 Å². The molecule has 0 saturated carbocycles. The van der Waals surface area contributed by atoms with Crippen molar-refractivity contribution >= 4 is 11.9 Å². The zero-order valence-corrected chi connectivity index (χ0v) is 10.0. The van der Waals surface area contributed by atoms with E-state index in [0.29, 0.717) is 38.8 Å². The molecule has 1 rings (SSSR count). The first-order valence-electron chi connectivity index (χ1n) is 6.09. The van der Waals surface area contributed by atoms with Crippen molar-refractivity contribution in [1.82, 2.24) is 4.90 Å². The van der Waals surface area contributed by atoms with Crippen LogP contribution in [0, 0.1) is 18.3 Å². The second-order valence-corrected chi connectivity index (χ2v) is 4.40. The van der Waals surface area contributed by atoms with Gasteiger partial charge in [-0.2, -0.15) is 0 Å². The lowest BCUT2D eigenvalue weighted by atomic mass is 9.97. The number of piperidine rings is 1. The highest BCUT2D eigenvalue weighted by atomic mass is 16.4. The standard InChI is InChI=1S/C13H19NO3/c1-2-3-4-5-6-12(15)14-9-7-11(8-10-14)13(16)17/h1,11H,3-10H2,(H,16,17). The number of carboxylic acid groups (broad SMARTS) is 1. The Kier molecular flexibility index (Phi) is 5.55. The van der Waals surface area contributed by atoms with Crippen molar-refractivity contribution in [2.75, 3.05) is 13.1 Å². The number of carbonyl (C=O) groups excluding carboxylic acids is 1. The minimum absolute atomic E-state index is 0.130. The summed E-state index contributed by atoms with van der Waals surface area (Å²) in [5.41, 5.74) is 0. The van der Waals surface area contributed by atoms with Crippen molar-refractivity contribution in [1.29, 1.82) is 0 Å². The maximum Gasteiger partial charge on any atom is 0.306 e. The Balaban J connectivity index is 2.22. The molecule has 1 aliphatic rings. The van der Waals surface area contributed by atoms with E-state index >= 15 is 0 Å². The Hall–Kier alpha value is -1.50. The minimum Gasteiger partial charge on any atom is -0.481 e. The SMILES string of the molecule is C#CCCCCC(=O)N1CCC(C(=O)O)CC1. The van der Waals surface area contributed by atoms with Gasteiger partial charge in [0.25, 0.3) is 0 Å². The van der Waals surface area contributed by atoms with Crippen LogP contribution in [0.2, 0.25) is 0 Å². The van der Waals surface area contributed by atoms with Gasteiger partial charge in [-0.05, 0) is 25.7 Å². The van der Waals surface area contributed by atoms with E-state index in [0.717, 1.165) is 12.8 Å². The highest BCUT2D eigenvalue weighted by Gasteiger charge is 2.26. The van der Waals surface area contributed by atoms with E-state index in [4.69, 9.17) is 11.5 Å². The molecule has 1 saturated heterocycles. The second kappa shape index (κ2) is 6.95. The van der Waals surface area contributed by atoms with Crippen LogP contribution in [0.5, 0.6) is 0 Å². The lowest BCUT2D eigenvalue weighted by Crippen LogP contribution is -2.40. The molecule has 0 atom stereocenters. The number of hydrogen-bond acceptors (Lipinski definition) is 2. The molecule has 1 aliphatic heterocycles. The number of hydrogen-bond donors (Lipinski definition) is 1. The van der Waals surface area contributed by atoms with Crippen LogP contribution in [0.3, 0.4) is 0 Å². The third kappa shape index (κ3) is 4.48. The van der Waals surface area contributed by atoms with E-state index in [2.05, 4.69) is 5.92 Å². The number of carbonyl (C=O) groups is 2. The molecule has 17 heavy (non-hydrogen) atoms. The third-order valence-electron chi connectivity index (χ3n) is 3.16. The molecular weight excluding hydrogens is 218 g/mol. The molecule has 94 valence electrons. The zero-order chi connectivity index (χ0) is 12.7. The normalized spacial score (nSPS) is 16.5. The predicted molar refractivity (Wildman–Crippen MR) is 64.2 cm³/mol. The summed E-state index contributed by atoms with van der Waals surface area (Å²) in [6.07, 6.45) is 9.23. The Morgan fingerprint density at radius 1 is 1.29 bits per heavy atom. The number of carboxylic acids is 1. The summed E-state index contributed by atoms with van der Waals surface area (Å²) in [6, 6.07) is 0. The van der Waals surface area contributed by atoms with Crippen LogP contribution in [-0.4, -0.2) is 35.0 Å². The van der Waals surface area contributed by atoms with E-state index in [1.807, 2.05) is 0 Å².